The van der Waals surface area contributed by atoms with Gasteiger partial charge in [0.1, 0.15) is 11.2 Å². The van der Waals surface area contributed by atoms with Crippen molar-refractivity contribution in [2.24, 2.45) is 5.92 Å². The van der Waals surface area contributed by atoms with Crippen LogP contribution in [0.1, 0.15) is 66.9 Å². The van der Waals surface area contributed by atoms with Crippen LogP contribution in [0, 0.1) is 12.8 Å². The largest absolute Gasteiger partial charge is 0.460 e. The van der Waals surface area contributed by atoms with Gasteiger partial charge in [-0.3, -0.25) is 4.79 Å². The second-order valence-corrected chi connectivity index (χ2v) is 11.9. The zero-order valence-corrected chi connectivity index (χ0v) is 21.6. The molecule has 8 nitrogen and oxygen atoms in total. The Bertz CT molecular complexity index is 1010. The van der Waals surface area contributed by atoms with E-state index >= 15 is 0 Å². The number of sulfonamides is 1. The van der Waals surface area contributed by atoms with Crippen LogP contribution >= 0.6 is 0 Å². The van der Waals surface area contributed by atoms with Gasteiger partial charge < -0.3 is 9.47 Å². The van der Waals surface area contributed by atoms with Crippen LogP contribution in [-0.4, -0.2) is 42.1 Å². The van der Waals surface area contributed by atoms with Crippen LogP contribution in [0.2, 0.25) is 0 Å². The molecule has 0 fully saturated rings. The lowest BCUT2D eigenvalue weighted by Gasteiger charge is -2.41. The fourth-order valence-corrected chi connectivity index (χ4v) is 5.33. The molecule has 0 aliphatic heterocycles. The number of benzene rings is 1. The summed E-state index contributed by atoms with van der Waals surface area (Å²) in [6.07, 6.45) is 2.03. The molecule has 1 aromatic rings. The fraction of sp³-hybridized carbons (Fsp3) is 0.583. The molecule has 1 aliphatic rings. The van der Waals surface area contributed by atoms with E-state index in [0.29, 0.717) is 12.8 Å². The van der Waals surface area contributed by atoms with Crippen molar-refractivity contribution in [2.75, 3.05) is 0 Å². The lowest BCUT2D eigenvalue weighted by Crippen LogP contribution is -2.55. The van der Waals surface area contributed by atoms with Gasteiger partial charge in [-0.05, 0) is 73.4 Å². The lowest BCUT2D eigenvalue weighted by atomic mass is 9.77. The Morgan fingerprint density at radius 3 is 2.12 bits per heavy atom. The number of nitrogens with one attached hydrogen (secondary N) is 1. The van der Waals surface area contributed by atoms with Gasteiger partial charge in [-0.2, -0.15) is 0 Å². The van der Waals surface area contributed by atoms with E-state index in [2.05, 4.69) is 5.43 Å². The number of allylic oxidation sites excluding steroid dienone is 1. The molecule has 0 aromatic heterocycles. The third-order valence-electron chi connectivity index (χ3n) is 5.61. The van der Waals surface area contributed by atoms with Crippen molar-refractivity contribution >= 4 is 22.1 Å². The summed E-state index contributed by atoms with van der Waals surface area (Å²) in [5.41, 5.74) is 2.56. The maximum absolute atomic E-state index is 13.7. The summed E-state index contributed by atoms with van der Waals surface area (Å²) in [4.78, 5) is 24.3. The highest BCUT2D eigenvalue weighted by atomic mass is 32.2. The molecule has 0 spiro atoms. The van der Waals surface area contributed by atoms with E-state index in [9.17, 15) is 18.0 Å². The Morgan fingerprint density at radius 1 is 1.03 bits per heavy atom. The zero-order valence-electron chi connectivity index (χ0n) is 20.8. The van der Waals surface area contributed by atoms with Crippen LogP contribution in [-0.2, 0) is 24.3 Å². The number of esters is 1. The van der Waals surface area contributed by atoms with E-state index in [1.807, 2.05) is 33.8 Å². The molecule has 0 bridgehead atoms. The summed E-state index contributed by atoms with van der Waals surface area (Å²) in [5, 5.41) is 0. The first kappa shape index (κ1) is 26.9. The summed E-state index contributed by atoms with van der Waals surface area (Å²) in [7, 11) is -4.12. The van der Waals surface area contributed by atoms with E-state index < -0.39 is 39.3 Å². The molecule has 1 aromatic carbocycles. The standard InChI is InChI=1S/C24H36N2O6S/c1-16-9-13-20(14-10-16)33(29,30)26(25-22(28)32-23(4,5)6)21-15-19(12-11-17(21)2)24(7,8)31-18(3)27/h9-11,13-14,19,21H,12,15H2,1-8H3,(H,25,28)/t19-,21+/m0/s1. The third-order valence-corrected chi connectivity index (χ3v) is 7.34. The van der Waals surface area contributed by atoms with Crippen molar-refractivity contribution in [1.82, 2.24) is 9.84 Å². The van der Waals surface area contributed by atoms with Crippen LogP contribution in [0.15, 0.2) is 40.8 Å². The van der Waals surface area contributed by atoms with Crippen molar-refractivity contribution in [3.05, 3.63) is 41.5 Å². The average Bonchev–Trinajstić information content (AvgIpc) is 2.64. The molecule has 184 valence electrons. The Balaban J connectivity index is 2.48. The lowest BCUT2D eigenvalue weighted by molar-refractivity contribution is -0.159. The molecular formula is C24H36N2O6S. The minimum atomic E-state index is -4.12. The molecule has 0 saturated heterocycles. The minimum Gasteiger partial charge on any atom is -0.460 e. The second kappa shape index (κ2) is 9.85. The van der Waals surface area contributed by atoms with E-state index in [-0.39, 0.29) is 10.8 Å². The predicted octanol–water partition coefficient (Wildman–Crippen LogP) is 4.49. The molecule has 0 unspecified atom stereocenters. The Labute approximate surface area is 197 Å². The summed E-state index contributed by atoms with van der Waals surface area (Å²) < 4.78 is 39.2. The molecule has 2 rings (SSSR count). The second-order valence-electron chi connectivity index (χ2n) is 10.1. The van der Waals surface area contributed by atoms with E-state index in [1.165, 1.54) is 19.1 Å². The van der Waals surface area contributed by atoms with E-state index in [0.717, 1.165) is 15.6 Å². The van der Waals surface area contributed by atoms with Crippen LogP contribution in [0.5, 0.6) is 0 Å². The summed E-state index contributed by atoms with van der Waals surface area (Å²) in [5.74, 6) is -0.565. The smallest absolute Gasteiger partial charge is 0.423 e. The van der Waals surface area contributed by atoms with Crippen molar-refractivity contribution < 1.29 is 27.5 Å². The molecular weight excluding hydrogens is 444 g/mol. The molecule has 1 amide bonds. The van der Waals surface area contributed by atoms with Gasteiger partial charge in [0.05, 0.1) is 10.9 Å². The number of aryl methyl sites for hydroxylation is 1. The van der Waals surface area contributed by atoms with E-state index in [1.54, 1.807) is 32.9 Å². The minimum absolute atomic E-state index is 0.0540. The first-order valence-electron chi connectivity index (χ1n) is 11.0. The van der Waals surface area contributed by atoms with Crippen molar-refractivity contribution in [2.45, 2.75) is 90.4 Å². The van der Waals surface area contributed by atoms with Gasteiger partial charge >= 0.3 is 12.1 Å². The fourth-order valence-electron chi connectivity index (χ4n) is 3.84. The van der Waals surface area contributed by atoms with Gasteiger partial charge in [-0.25, -0.2) is 18.6 Å². The number of hydrogen-bond acceptors (Lipinski definition) is 6. The average molecular weight is 481 g/mol. The van der Waals surface area contributed by atoms with Crippen LogP contribution in [0.4, 0.5) is 4.79 Å². The normalized spacial score (nSPS) is 19.6. The molecule has 0 radical (unpaired) electrons. The number of hydrogen-bond donors (Lipinski definition) is 1. The van der Waals surface area contributed by atoms with Crippen LogP contribution in [0.3, 0.4) is 0 Å². The highest BCUT2D eigenvalue weighted by Crippen LogP contribution is 2.37. The number of amides is 1. The summed E-state index contributed by atoms with van der Waals surface area (Å²) in [6.45, 7) is 13.8. The monoisotopic (exact) mass is 480 g/mol. The number of hydrazine groups is 1. The number of rotatable bonds is 6. The van der Waals surface area contributed by atoms with Gasteiger partial charge in [0.15, 0.2) is 0 Å². The topological polar surface area (TPSA) is 102 Å². The van der Waals surface area contributed by atoms with Gasteiger partial charge in [-0.15, -0.1) is 0 Å². The maximum Gasteiger partial charge on any atom is 0.423 e. The first-order chi connectivity index (χ1) is 15.0. The Morgan fingerprint density at radius 2 is 1.61 bits per heavy atom. The summed E-state index contributed by atoms with van der Waals surface area (Å²) >= 11 is 0. The molecule has 0 saturated carbocycles. The predicted molar refractivity (Wildman–Crippen MR) is 126 cm³/mol. The van der Waals surface area contributed by atoms with Crippen molar-refractivity contribution in [3.8, 4) is 0 Å². The van der Waals surface area contributed by atoms with Crippen molar-refractivity contribution in [3.63, 3.8) is 0 Å². The molecule has 33 heavy (non-hydrogen) atoms. The highest BCUT2D eigenvalue weighted by Gasteiger charge is 2.42. The molecule has 1 aliphatic carbocycles. The SMILES string of the molecule is CC(=O)OC(C)(C)[C@H]1CC=C(C)[C@H](N(NC(=O)OC(C)(C)C)S(=O)(=O)c2ccc(C)cc2)C1. The van der Waals surface area contributed by atoms with Crippen LogP contribution in [0.25, 0.3) is 0 Å². The third kappa shape index (κ3) is 7.04. The van der Waals surface area contributed by atoms with Gasteiger partial charge in [-0.1, -0.05) is 33.8 Å². The van der Waals surface area contributed by atoms with E-state index in [4.69, 9.17) is 9.47 Å². The molecule has 2 atom stereocenters. The quantitative estimate of drug-likeness (QED) is 0.366. The van der Waals surface area contributed by atoms with Crippen molar-refractivity contribution in [1.29, 1.82) is 0 Å². The molecule has 1 N–H and O–H groups in total. The Hall–Kier alpha value is -2.39. The number of ether oxygens (including phenoxy) is 2. The highest BCUT2D eigenvalue weighted by molar-refractivity contribution is 7.89. The van der Waals surface area contributed by atoms with Gasteiger partial charge in [0.2, 0.25) is 0 Å². The van der Waals surface area contributed by atoms with Gasteiger partial charge in [0.25, 0.3) is 10.0 Å². The molecule has 0 heterocycles. The first-order valence-corrected chi connectivity index (χ1v) is 12.4. The number of nitrogens with zero attached hydrogens (tertiary/aromatic N) is 1. The summed E-state index contributed by atoms with van der Waals surface area (Å²) in [6, 6.07) is 5.74. The number of carbonyl (C=O) groups is 2. The number of carbonyl (C=O) groups excluding carboxylic acids is 2. The van der Waals surface area contributed by atoms with Gasteiger partial charge in [0, 0.05) is 12.8 Å². The van der Waals surface area contributed by atoms with Crippen LogP contribution < -0.4 is 5.43 Å². The Kier molecular flexibility index (Phi) is 8.02. The zero-order chi connectivity index (χ0) is 25.2. The maximum atomic E-state index is 13.7. The molecule has 9 heteroatoms.